The van der Waals surface area contributed by atoms with Gasteiger partial charge in [-0.2, -0.15) is 0 Å². The van der Waals surface area contributed by atoms with Crippen LogP contribution in [-0.2, 0) is 11.3 Å². The topological polar surface area (TPSA) is 39.1 Å². The van der Waals surface area contributed by atoms with E-state index in [4.69, 9.17) is 4.74 Å². The minimum absolute atomic E-state index is 0.384. The monoisotopic (exact) mass is 223 g/mol. The molecule has 1 saturated heterocycles. The van der Waals surface area contributed by atoms with Gasteiger partial charge in [0, 0.05) is 31.5 Å². The molecule has 1 fully saturated rings. The SMILES string of the molecule is CC1CC(NCCn2ccnc2)CC(C)O1. The molecular weight excluding hydrogens is 202 g/mol. The average molecular weight is 223 g/mol. The number of aromatic nitrogens is 2. The predicted molar refractivity (Wildman–Crippen MR) is 63.3 cm³/mol. The van der Waals surface area contributed by atoms with Gasteiger partial charge in [-0.25, -0.2) is 4.98 Å². The zero-order valence-corrected chi connectivity index (χ0v) is 10.1. The predicted octanol–water partition coefficient (Wildman–Crippen LogP) is 1.43. The molecule has 0 saturated carbocycles. The van der Waals surface area contributed by atoms with Gasteiger partial charge in [-0.3, -0.25) is 0 Å². The van der Waals surface area contributed by atoms with E-state index in [1.165, 1.54) is 0 Å². The highest BCUT2D eigenvalue weighted by molar-refractivity contribution is 4.79. The van der Waals surface area contributed by atoms with Gasteiger partial charge < -0.3 is 14.6 Å². The Balaban J connectivity index is 1.69. The summed E-state index contributed by atoms with van der Waals surface area (Å²) in [5.74, 6) is 0. The number of nitrogens with one attached hydrogen (secondary N) is 1. The zero-order chi connectivity index (χ0) is 11.4. The largest absolute Gasteiger partial charge is 0.375 e. The van der Waals surface area contributed by atoms with Gasteiger partial charge >= 0.3 is 0 Å². The molecule has 0 bridgehead atoms. The van der Waals surface area contributed by atoms with Crippen molar-refractivity contribution >= 4 is 0 Å². The Morgan fingerprint density at radius 3 is 2.75 bits per heavy atom. The maximum atomic E-state index is 5.71. The van der Waals surface area contributed by atoms with E-state index >= 15 is 0 Å². The molecule has 0 aliphatic carbocycles. The van der Waals surface area contributed by atoms with Crippen LogP contribution in [0.1, 0.15) is 26.7 Å². The molecule has 1 N–H and O–H groups in total. The lowest BCUT2D eigenvalue weighted by molar-refractivity contribution is -0.0420. The first-order valence-corrected chi connectivity index (χ1v) is 6.08. The van der Waals surface area contributed by atoms with Crippen LogP contribution >= 0.6 is 0 Å². The van der Waals surface area contributed by atoms with E-state index < -0.39 is 0 Å². The van der Waals surface area contributed by atoms with Gasteiger partial charge in [-0.05, 0) is 26.7 Å². The van der Waals surface area contributed by atoms with Crippen molar-refractivity contribution in [1.82, 2.24) is 14.9 Å². The number of nitrogens with zero attached hydrogens (tertiary/aromatic N) is 2. The van der Waals surface area contributed by atoms with Gasteiger partial charge in [0.1, 0.15) is 0 Å². The fraction of sp³-hybridized carbons (Fsp3) is 0.750. The molecule has 2 unspecified atom stereocenters. The molecule has 0 spiro atoms. The number of ether oxygens (including phenoxy) is 1. The van der Waals surface area contributed by atoms with Crippen LogP contribution in [0.25, 0.3) is 0 Å². The Bertz CT molecular complexity index is 289. The summed E-state index contributed by atoms with van der Waals surface area (Å²) in [5.41, 5.74) is 0. The van der Waals surface area contributed by atoms with Crippen LogP contribution in [-0.4, -0.2) is 34.3 Å². The summed E-state index contributed by atoms with van der Waals surface area (Å²) >= 11 is 0. The molecule has 4 nitrogen and oxygen atoms in total. The second kappa shape index (κ2) is 5.46. The van der Waals surface area contributed by atoms with Crippen molar-refractivity contribution in [2.45, 2.75) is 51.5 Å². The molecule has 2 atom stereocenters. The highest BCUT2D eigenvalue weighted by Crippen LogP contribution is 2.18. The quantitative estimate of drug-likeness (QED) is 0.839. The third-order valence-electron chi connectivity index (χ3n) is 3.06. The fourth-order valence-electron chi connectivity index (χ4n) is 2.39. The van der Waals surface area contributed by atoms with Gasteiger partial charge in [-0.15, -0.1) is 0 Å². The molecule has 1 aliphatic rings. The number of hydrogen-bond donors (Lipinski definition) is 1. The minimum Gasteiger partial charge on any atom is -0.375 e. The van der Waals surface area contributed by atoms with E-state index in [-0.39, 0.29) is 0 Å². The van der Waals surface area contributed by atoms with Crippen LogP contribution in [0.4, 0.5) is 0 Å². The standard InChI is InChI=1S/C12H21N3O/c1-10-7-12(8-11(2)16-10)14-4-6-15-5-3-13-9-15/h3,5,9-12,14H,4,6-8H2,1-2H3. The maximum absolute atomic E-state index is 5.71. The van der Waals surface area contributed by atoms with Crippen molar-refractivity contribution < 1.29 is 4.74 Å². The summed E-state index contributed by atoms with van der Waals surface area (Å²) in [4.78, 5) is 4.03. The molecule has 90 valence electrons. The van der Waals surface area contributed by atoms with Gasteiger partial charge in [0.2, 0.25) is 0 Å². The normalized spacial score (nSPS) is 30.5. The highest BCUT2D eigenvalue weighted by Gasteiger charge is 2.23. The van der Waals surface area contributed by atoms with Crippen LogP contribution in [0.15, 0.2) is 18.7 Å². The van der Waals surface area contributed by atoms with Crippen molar-refractivity contribution in [3.05, 3.63) is 18.7 Å². The third-order valence-corrected chi connectivity index (χ3v) is 3.06. The van der Waals surface area contributed by atoms with Crippen LogP contribution in [0.5, 0.6) is 0 Å². The van der Waals surface area contributed by atoms with E-state index in [2.05, 4.69) is 28.7 Å². The van der Waals surface area contributed by atoms with E-state index in [1.807, 2.05) is 18.7 Å². The summed E-state index contributed by atoms with van der Waals surface area (Å²) in [6, 6.07) is 0.599. The third kappa shape index (κ3) is 3.32. The van der Waals surface area contributed by atoms with Gasteiger partial charge in [0.05, 0.1) is 18.5 Å². The lowest BCUT2D eigenvalue weighted by atomic mass is 10.00. The van der Waals surface area contributed by atoms with Crippen LogP contribution in [0.2, 0.25) is 0 Å². The van der Waals surface area contributed by atoms with Crippen molar-refractivity contribution in [2.75, 3.05) is 6.54 Å². The van der Waals surface area contributed by atoms with Crippen molar-refractivity contribution in [3.8, 4) is 0 Å². The van der Waals surface area contributed by atoms with Crippen molar-refractivity contribution in [2.24, 2.45) is 0 Å². The van der Waals surface area contributed by atoms with Gasteiger partial charge in [0.25, 0.3) is 0 Å². The number of rotatable bonds is 4. The summed E-state index contributed by atoms with van der Waals surface area (Å²) in [6.45, 7) is 6.29. The molecule has 2 rings (SSSR count). The Morgan fingerprint density at radius 2 is 2.12 bits per heavy atom. The van der Waals surface area contributed by atoms with Crippen molar-refractivity contribution in [1.29, 1.82) is 0 Å². The second-order valence-corrected chi connectivity index (χ2v) is 4.68. The molecule has 1 aromatic rings. The van der Waals surface area contributed by atoms with E-state index in [0.29, 0.717) is 18.2 Å². The lowest BCUT2D eigenvalue weighted by Gasteiger charge is -2.32. The number of hydrogen-bond acceptors (Lipinski definition) is 3. The first kappa shape index (κ1) is 11.6. The van der Waals surface area contributed by atoms with Crippen LogP contribution in [0, 0.1) is 0 Å². The molecule has 1 aliphatic heterocycles. The summed E-state index contributed by atoms with van der Waals surface area (Å²) < 4.78 is 7.81. The summed E-state index contributed by atoms with van der Waals surface area (Å²) in [5, 5.41) is 3.59. The molecule has 2 heterocycles. The summed E-state index contributed by atoms with van der Waals surface area (Å²) in [6.07, 6.45) is 8.68. The van der Waals surface area contributed by atoms with Gasteiger partial charge in [-0.1, -0.05) is 0 Å². The van der Waals surface area contributed by atoms with Gasteiger partial charge in [0.15, 0.2) is 0 Å². The fourth-order valence-corrected chi connectivity index (χ4v) is 2.39. The zero-order valence-electron chi connectivity index (χ0n) is 10.1. The molecule has 1 aromatic heterocycles. The maximum Gasteiger partial charge on any atom is 0.0946 e. The second-order valence-electron chi connectivity index (χ2n) is 4.68. The highest BCUT2D eigenvalue weighted by atomic mass is 16.5. The average Bonchev–Trinajstić information content (AvgIpc) is 2.69. The lowest BCUT2D eigenvalue weighted by Crippen LogP contribution is -2.42. The Labute approximate surface area is 97.0 Å². The Kier molecular flexibility index (Phi) is 3.96. The first-order valence-electron chi connectivity index (χ1n) is 6.08. The number of imidazole rings is 1. The van der Waals surface area contributed by atoms with Crippen molar-refractivity contribution in [3.63, 3.8) is 0 Å². The van der Waals surface area contributed by atoms with E-state index in [1.54, 1.807) is 0 Å². The van der Waals surface area contributed by atoms with E-state index in [0.717, 1.165) is 25.9 Å². The Morgan fingerprint density at radius 1 is 1.38 bits per heavy atom. The molecule has 16 heavy (non-hydrogen) atoms. The van der Waals surface area contributed by atoms with Crippen LogP contribution < -0.4 is 5.32 Å². The minimum atomic E-state index is 0.384. The molecule has 0 amide bonds. The first-order chi connectivity index (χ1) is 7.74. The molecular formula is C12H21N3O. The summed E-state index contributed by atoms with van der Waals surface area (Å²) in [7, 11) is 0. The van der Waals surface area contributed by atoms with Crippen LogP contribution in [0.3, 0.4) is 0 Å². The Hall–Kier alpha value is -0.870. The molecule has 0 radical (unpaired) electrons. The van der Waals surface area contributed by atoms with E-state index in [9.17, 15) is 0 Å². The molecule has 4 heteroatoms. The smallest absolute Gasteiger partial charge is 0.0946 e. The molecule has 0 aromatic carbocycles.